The summed E-state index contributed by atoms with van der Waals surface area (Å²) in [5.41, 5.74) is 3.18. The number of alkyl halides is 1. The van der Waals surface area contributed by atoms with E-state index >= 15 is 0 Å². The number of aromatic nitrogens is 3. The maximum Gasteiger partial charge on any atom is 0.131 e. The molecule has 0 radical (unpaired) electrons. The van der Waals surface area contributed by atoms with E-state index in [1.165, 1.54) is 5.56 Å². The summed E-state index contributed by atoms with van der Waals surface area (Å²) in [6, 6.07) is 5.68. The first-order valence-electron chi connectivity index (χ1n) is 5.58. The smallest absolute Gasteiger partial charge is 0.131 e. The molecule has 0 bridgehead atoms. The number of nitrogens with one attached hydrogen (secondary N) is 1. The molecule has 0 aliphatic carbocycles. The third kappa shape index (κ3) is 2.52. The molecule has 3 nitrogen and oxygen atoms in total. The van der Waals surface area contributed by atoms with Crippen molar-refractivity contribution in [2.24, 2.45) is 0 Å². The molecule has 0 spiro atoms. The molecule has 0 aliphatic rings. The lowest BCUT2D eigenvalue weighted by Crippen LogP contribution is -2.11. The molecule has 0 fully saturated rings. The van der Waals surface area contributed by atoms with Crippen molar-refractivity contribution in [3.63, 3.8) is 0 Å². The third-order valence-corrected chi connectivity index (χ3v) is 2.66. The zero-order valence-corrected chi connectivity index (χ0v) is 10.3. The Labute approximate surface area is 100 Å². The van der Waals surface area contributed by atoms with E-state index in [-0.39, 0.29) is 5.41 Å². The lowest BCUT2D eigenvalue weighted by molar-refractivity contribution is 0.475. The highest BCUT2D eigenvalue weighted by Gasteiger charge is 2.15. The summed E-state index contributed by atoms with van der Waals surface area (Å²) >= 11 is 0. The van der Waals surface area contributed by atoms with Crippen LogP contribution in [0.4, 0.5) is 4.39 Å². The Hall–Kier alpha value is -1.71. The molecule has 4 heteroatoms. The number of hydrogen-bond acceptors (Lipinski definition) is 2. The van der Waals surface area contributed by atoms with Crippen LogP contribution >= 0.6 is 0 Å². The lowest BCUT2D eigenvalue weighted by Gasteiger charge is -2.18. The molecule has 2 aromatic rings. The van der Waals surface area contributed by atoms with Crippen LogP contribution in [-0.4, -0.2) is 15.2 Å². The molecule has 0 saturated heterocycles. The van der Waals surface area contributed by atoms with E-state index in [0.29, 0.717) is 11.4 Å². The lowest BCUT2D eigenvalue weighted by atomic mass is 9.87. The van der Waals surface area contributed by atoms with E-state index in [1.54, 1.807) is 12.3 Å². The molecule has 0 saturated carbocycles. The van der Waals surface area contributed by atoms with Gasteiger partial charge in [-0.2, -0.15) is 5.10 Å². The maximum atomic E-state index is 12.4. The minimum Gasteiger partial charge on any atom is -0.279 e. The van der Waals surface area contributed by atoms with Crippen molar-refractivity contribution in [1.29, 1.82) is 0 Å². The van der Waals surface area contributed by atoms with Gasteiger partial charge in [-0.1, -0.05) is 20.8 Å². The highest BCUT2D eigenvalue weighted by molar-refractivity contribution is 5.55. The van der Waals surface area contributed by atoms with Gasteiger partial charge in [-0.3, -0.25) is 10.1 Å². The molecule has 0 aliphatic heterocycles. The van der Waals surface area contributed by atoms with Gasteiger partial charge in [-0.15, -0.1) is 0 Å². The highest BCUT2D eigenvalue weighted by atomic mass is 19.1. The monoisotopic (exact) mass is 233 g/mol. The van der Waals surface area contributed by atoms with Gasteiger partial charge in [-0.25, -0.2) is 4.39 Å². The SMILES string of the molecule is CC(C)(C)c1ccnc(-c2cc(CF)[nH]n2)c1. The second-order valence-corrected chi connectivity index (χ2v) is 5.09. The topological polar surface area (TPSA) is 41.6 Å². The average molecular weight is 233 g/mol. The second-order valence-electron chi connectivity index (χ2n) is 5.09. The van der Waals surface area contributed by atoms with Crippen molar-refractivity contribution < 1.29 is 4.39 Å². The number of rotatable bonds is 2. The predicted octanol–water partition coefficient (Wildman–Crippen LogP) is 3.24. The van der Waals surface area contributed by atoms with Gasteiger partial charge in [0.15, 0.2) is 0 Å². The fraction of sp³-hybridized carbons (Fsp3) is 0.385. The number of nitrogens with zero attached hydrogens (tertiary/aromatic N) is 2. The van der Waals surface area contributed by atoms with Gasteiger partial charge in [0.05, 0.1) is 11.4 Å². The van der Waals surface area contributed by atoms with E-state index in [4.69, 9.17) is 0 Å². The van der Waals surface area contributed by atoms with Gasteiger partial charge in [0.2, 0.25) is 0 Å². The van der Waals surface area contributed by atoms with Gasteiger partial charge in [0, 0.05) is 6.20 Å². The Bertz CT molecular complexity index is 511. The van der Waals surface area contributed by atoms with E-state index in [2.05, 4.69) is 36.0 Å². The second kappa shape index (κ2) is 4.28. The molecule has 1 N–H and O–H groups in total. The first-order chi connectivity index (χ1) is 8.00. The van der Waals surface area contributed by atoms with Crippen molar-refractivity contribution in [2.75, 3.05) is 0 Å². The van der Waals surface area contributed by atoms with Gasteiger partial charge in [0.25, 0.3) is 0 Å². The zero-order valence-electron chi connectivity index (χ0n) is 10.3. The maximum absolute atomic E-state index is 12.4. The average Bonchev–Trinajstić information content (AvgIpc) is 2.76. The van der Waals surface area contributed by atoms with Gasteiger partial charge < -0.3 is 0 Å². The fourth-order valence-corrected chi connectivity index (χ4v) is 1.60. The normalized spacial score (nSPS) is 11.8. The summed E-state index contributed by atoms with van der Waals surface area (Å²) in [6.45, 7) is 5.89. The van der Waals surface area contributed by atoms with E-state index in [1.807, 2.05) is 12.1 Å². The van der Waals surface area contributed by atoms with Crippen molar-refractivity contribution in [3.8, 4) is 11.4 Å². The Morgan fingerprint density at radius 3 is 2.59 bits per heavy atom. The molecule has 0 atom stereocenters. The van der Waals surface area contributed by atoms with Crippen LogP contribution in [0.15, 0.2) is 24.4 Å². The Morgan fingerprint density at radius 2 is 2.00 bits per heavy atom. The van der Waals surface area contributed by atoms with Crippen LogP contribution in [0.2, 0.25) is 0 Å². The fourth-order valence-electron chi connectivity index (χ4n) is 1.60. The van der Waals surface area contributed by atoms with Crippen molar-refractivity contribution >= 4 is 0 Å². The number of H-pyrrole nitrogens is 1. The molecule has 0 aromatic carbocycles. The third-order valence-electron chi connectivity index (χ3n) is 2.66. The Morgan fingerprint density at radius 1 is 1.24 bits per heavy atom. The van der Waals surface area contributed by atoms with Crippen molar-refractivity contribution in [1.82, 2.24) is 15.2 Å². The summed E-state index contributed by atoms with van der Waals surface area (Å²) in [7, 11) is 0. The molecule has 0 amide bonds. The molecule has 2 aromatic heterocycles. The molecular weight excluding hydrogens is 217 g/mol. The largest absolute Gasteiger partial charge is 0.279 e. The van der Waals surface area contributed by atoms with Crippen LogP contribution in [0.3, 0.4) is 0 Å². The van der Waals surface area contributed by atoms with Crippen LogP contribution in [0.5, 0.6) is 0 Å². The molecule has 2 heterocycles. The number of pyridine rings is 1. The minimum atomic E-state index is -0.536. The van der Waals surface area contributed by atoms with Crippen LogP contribution in [0.25, 0.3) is 11.4 Å². The van der Waals surface area contributed by atoms with Crippen LogP contribution < -0.4 is 0 Å². The number of aromatic amines is 1. The van der Waals surface area contributed by atoms with Gasteiger partial charge in [0.1, 0.15) is 12.4 Å². The Balaban J connectivity index is 2.39. The predicted molar refractivity (Wildman–Crippen MR) is 65.3 cm³/mol. The molecule has 0 unspecified atom stereocenters. The summed E-state index contributed by atoms with van der Waals surface area (Å²) in [5.74, 6) is 0. The van der Waals surface area contributed by atoms with Crippen molar-refractivity contribution in [3.05, 3.63) is 35.7 Å². The van der Waals surface area contributed by atoms with Gasteiger partial charge >= 0.3 is 0 Å². The first-order valence-corrected chi connectivity index (χ1v) is 5.58. The van der Waals surface area contributed by atoms with E-state index < -0.39 is 6.67 Å². The van der Waals surface area contributed by atoms with Crippen LogP contribution in [0, 0.1) is 0 Å². The van der Waals surface area contributed by atoms with Crippen LogP contribution in [0.1, 0.15) is 32.0 Å². The quantitative estimate of drug-likeness (QED) is 0.865. The summed E-state index contributed by atoms with van der Waals surface area (Å²) < 4.78 is 12.4. The van der Waals surface area contributed by atoms with E-state index in [0.717, 1.165) is 5.69 Å². The zero-order chi connectivity index (χ0) is 12.5. The standard InChI is InChI=1S/C13H16FN3/c1-13(2,3)9-4-5-15-11(6-9)12-7-10(8-14)16-17-12/h4-7H,8H2,1-3H3,(H,16,17). The molecule has 2 rings (SSSR count). The highest BCUT2D eigenvalue weighted by Crippen LogP contribution is 2.25. The van der Waals surface area contributed by atoms with Crippen LogP contribution in [-0.2, 0) is 12.1 Å². The number of halogens is 1. The minimum absolute atomic E-state index is 0.0664. The first kappa shape index (κ1) is 11.8. The van der Waals surface area contributed by atoms with Crippen molar-refractivity contribution in [2.45, 2.75) is 32.9 Å². The molecule has 17 heavy (non-hydrogen) atoms. The number of hydrogen-bond donors (Lipinski definition) is 1. The van der Waals surface area contributed by atoms with Gasteiger partial charge in [-0.05, 0) is 29.2 Å². The Kier molecular flexibility index (Phi) is 2.96. The summed E-state index contributed by atoms with van der Waals surface area (Å²) in [6.07, 6.45) is 1.76. The van der Waals surface area contributed by atoms with E-state index in [9.17, 15) is 4.39 Å². The molecular formula is C13H16FN3. The summed E-state index contributed by atoms with van der Waals surface area (Å²) in [5, 5.41) is 6.70. The summed E-state index contributed by atoms with van der Waals surface area (Å²) in [4.78, 5) is 4.27. The molecule has 90 valence electrons.